The van der Waals surface area contributed by atoms with Crippen molar-refractivity contribution in [3.8, 4) is 5.75 Å². The number of anilines is 1. The molecule has 0 atom stereocenters. The number of benzene rings is 2. The van der Waals surface area contributed by atoms with Gasteiger partial charge in [0.2, 0.25) is 5.91 Å². The Labute approximate surface area is 158 Å². The normalized spacial score (nSPS) is 15.3. The van der Waals surface area contributed by atoms with Gasteiger partial charge in [-0.25, -0.2) is 4.79 Å². The Kier molecular flexibility index (Phi) is 6.08. The van der Waals surface area contributed by atoms with Gasteiger partial charge in [-0.05, 0) is 49.7 Å². The van der Waals surface area contributed by atoms with Gasteiger partial charge in [-0.2, -0.15) is 0 Å². The van der Waals surface area contributed by atoms with Crippen LogP contribution in [0.25, 0.3) is 0 Å². The lowest BCUT2D eigenvalue weighted by Crippen LogP contribution is -2.37. The maximum atomic E-state index is 12.6. The van der Waals surface area contributed by atoms with Crippen molar-refractivity contribution in [1.82, 2.24) is 4.90 Å². The van der Waals surface area contributed by atoms with Gasteiger partial charge in [0.05, 0.1) is 18.4 Å². The number of carboxylic acid groups (broad SMARTS) is 1. The molecule has 0 bridgehead atoms. The molecule has 1 aliphatic heterocycles. The van der Waals surface area contributed by atoms with Crippen molar-refractivity contribution in [2.45, 2.75) is 19.4 Å². The van der Waals surface area contributed by atoms with E-state index in [0.29, 0.717) is 11.4 Å². The number of methoxy groups -OCH3 is 1. The molecule has 2 aromatic rings. The Bertz CT molecular complexity index is 799. The number of carboxylic acids is 1. The number of amides is 1. The summed E-state index contributed by atoms with van der Waals surface area (Å²) < 4.78 is 5.06. The van der Waals surface area contributed by atoms with E-state index in [1.165, 1.54) is 18.7 Å². The molecule has 6 heteroatoms. The van der Waals surface area contributed by atoms with Gasteiger partial charge in [-0.1, -0.05) is 30.3 Å². The van der Waals surface area contributed by atoms with Crippen molar-refractivity contribution in [1.29, 1.82) is 0 Å². The number of ether oxygens (including phenoxy) is 1. The van der Waals surface area contributed by atoms with E-state index in [1.54, 1.807) is 12.1 Å². The van der Waals surface area contributed by atoms with Crippen molar-refractivity contribution in [3.05, 3.63) is 59.7 Å². The van der Waals surface area contributed by atoms with Gasteiger partial charge >= 0.3 is 5.97 Å². The lowest BCUT2D eigenvalue weighted by Gasteiger charge is -2.31. The maximum Gasteiger partial charge on any atom is 0.337 e. The summed E-state index contributed by atoms with van der Waals surface area (Å²) in [4.78, 5) is 26.4. The number of nitrogens with one attached hydrogen (secondary N) is 1. The van der Waals surface area contributed by atoms with Crippen LogP contribution in [0.4, 0.5) is 5.69 Å². The van der Waals surface area contributed by atoms with Gasteiger partial charge < -0.3 is 15.2 Å². The molecular weight excluding hydrogens is 344 g/mol. The highest BCUT2D eigenvalue weighted by Gasteiger charge is 2.26. The molecule has 0 aromatic heterocycles. The molecule has 1 aliphatic rings. The zero-order valence-electron chi connectivity index (χ0n) is 15.4. The zero-order chi connectivity index (χ0) is 19.2. The van der Waals surface area contributed by atoms with Crippen LogP contribution in [0.2, 0.25) is 0 Å². The number of carbonyl (C=O) groups is 2. The molecule has 27 heavy (non-hydrogen) atoms. The fourth-order valence-corrected chi connectivity index (χ4v) is 3.37. The third-order valence-corrected chi connectivity index (χ3v) is 4.92. The second kappa shape index (κ2) is 8.68. The third-order valence-electron chi connectivity index (χ3n) is 4.92. The largest absolute Gasteiger partial charge is 0.497 e. The molecule has 1 amide bonds. The van der Waals surface area contributed by atoms with Crippen LogP contribution in [0.5, 0.6) is 5.75 Å². The van der Waals surface area contributed by atoms with E-state index < -0.39 is 5.97 Å². The molecule has 6 nitrogen and oxygen atoms in total. The number of hydrogen-bond donors (Lipinski definition) is 2. The molecular formula is C21H24N2O4. The first kappa shape index (κ1) is 18.9. The van der Waals surface area contributed by atoms with E-state index in [4.69, 9.17) is 4.74 Å². The Morgan fingerprint density at radius 1 is 1.15 bits per heavy atom. The van der Waals surface area contributed by atoms with Crippen molar-refractivity contribution in [2.75, 3.05) is 25.5 Å². The summed E-state index contributed by atoms with van der Waals surface area (Å²) in [6.45, 7) is 2.58. The average molecular weight is 368 g/mol. The van der Waals surface area contributed by atoms with E-state index in [0.717, 1.165) is 32.5 Å². The minimum absolute atomic E-state index is 0.0317. The van der Waals surface area contributed by atoms with E-state index in [2.05, 4.69) is 22.3 Å². The topological polar surface area (TPSA) is 78.9 Å². The number of nitrogens with zero attached hydrogens (tertiary/aromatic N) is 1. The molecule has 0 unspecified atom stereocenters. The summed E-state index contributed by atoms with van der Waals surface area (Å²) in [5.41, 5.74) is 1.61. The number of aromatic carboxylic acids is 1. The first-order valence-electron chi connectivity index (χ1n) is 9.05. The van der Waals surface area contributed by atoms with E-state index in [9.17, 15) is 14.7 Å². The molecule has 2 N–H and O–H groups in total. The number of likely N-dealkylation sites (tertiary alicyclic amines) is 1. The Morgan fingerprint density at radius 3 is 2.48 bits per heavy atom. The van der Waals surface area contributed by atoms with Crippen LogP contribution in [-0.4, -0.2) is 42.1 Å². The zero-order valence-corrected chi connectivity index (χ0v) is 15.4. The third kappa shape index (κ3) is 4.86. The minimum Gasteiger partial charge on any atom is -0.497 e. The van der Waals surface area contributed by atoms with Crippen LogP contribution < -0.4 is 10.1 Å². The summed E-state index contributed by atoms with van der Waals surface area (Å²) in [6, 6.07) is 14.9. The Balaban J connectivity index is 1.58. The maximum absolute atomic E-state index is 12.6. The van der Waals surface area contributed by atoms with Crippen LogP contribution in [0.15, 0.2) is 48.5 Å². The van der Waals surface area contributed by atoms with Gasteiger partial charge in [0.15, 0.2) is 0 Å². The fourth-order valence-electron chi connectivity index (χ4n) is 3.37. The molecule has 0 aliphatic carbocycles. The predicted octanol–water partition coefficient (Wildman–Crippen LogP) is 3.24. The summed E-state index contributed by atoms with van der Waals surface area (Å²) in [5.74, 6) is -0.885. The minimum atomic E-state index is -1.10. The van der Waals surface area contributed by atoms with Crippen molar-refractivity contribution in [3.63, 3.8) is 0 Å². The molecule has 2 aromatic carbocycles. The Morgan fingerprint density at radius 2 is 1.85 bits per heavy atom. The molecule has 3 rings (SSSR count). The first-order chi connectivity index (χ1) is 13.1. The fraction of sp³-hybridized carbons (Fsp3) is 0.333. The molecule has 0 saturated carbocycles. The molecule has 0 spiro atoms. The highest BCUT2D eigenvalue weighted by Crippen LogP contribution is 2.25. The number of hydrogen-bond acceptors (Lipinski definition) is 4. The highest BCUT2D eigenvalue weighted by molar-refractivity contribution is 6.01. The van der Waals surface area contributed by atoms with Gasteiger partial charge in [-0.3, -0.25) is 9.69 Å². The molecule has 1 fully saturated rings. The van der Waals surface area contributed by atoms with Gasteiger partial charge in [0.1, 0.15) is 5.75 Å². The summed E-state index contributed by atoms with van der Waals surface area (Å²) in [5, 5.41) is 12.2. The smallest absolute Gasteiger partial charge is 0.337 e. The van der Waals surface area contributed by atoms with Gasteiger partial charge in [0.25, 0.3) is 0 Å². The van der Waals surface area contributed by atoms with Crippen LogP contribution in [0, 0.1) is 5.92 Å². The number of rotatable bonds is 6. The lowest BCUT2D eigenvalue weighted by atomic mass is 9.95. The SMILES string of the molecule is COc1ccc(NC(=O)C2CCN(Cc3ccccc3)CC2)c(C(=O)O)c1. The van der Waals surface area contributed by atoms with E-state index in [1.807, 2.05) is 18.2 Å². The van der Waals surface area contributed by atoms with Crippen molar-refractivity contribution in [2.24, 2.45) is 5.92 Å². The number of carbonyl (C=O) groups excluding carboxylic acids is 1. The summed E-state index contributed by atoms with van der Waals surface area (Å²) in [7, 11) is 1.47. The molecule has 142 valence electrons. The monoisotopic (exact) mass is 368 g/mol. The lowest BCUT2D eigenvalue weighted by molar-refractivity contribution is -0.121. The van der Waals surface area contributed by atoms with Crippen LogP contribution in [0.1, 0.15) is 28.8 Å². The van der Waals surface area contributed by atoms with E-state index >= 15 is 0 Å². The second-order valence-corrected chi connectivity index (χ2v) is 6.74. The standard InChI is InChI=1S/C21H24N2O4/c1-27-17-7-8-19(18(13-17)21(25)26)22-20(24)16-9-11-23(12-10-16)14-15-5-3-2-4-6-15/h2-8,13,16H,9-12,14H2,1H3,(H,22,24)(H,25,26). The van der Waals surface area contributed by atoms with Crippen LogP contribution in [-0.2, 0) is 11.3 Å². The molecule has 1 saturated heterocycles. The summed E-state index contributed by atoms with van der Waals surface area (Å²) in [6.07, 6.45) is 1.52. The Hall–Kier alpha value is -2.86. The molecule has 0 radical (unpaired) electrons. The highest BCUT2D eigenvalue weighted by atomic mass is 16.5. The van der Waals surface area contributed by atoms with Crippen molar-refractivity contribution < 1.29 is 19.4 Å². The molecule has 1 heterocycles. The second-order valence-electron chi connectivity index (χ2n) is 6.74. The predicted molar refractivity (Wildman–Crippen MR) is 103 cm³/mol. The van der Waals surface area contributed by atoms with E-state index in [-0.39, 0.29) is 17.4 Å². The summed E-state index contributed by atoms with van der Waals surface area (Å²) >= 11 is 0. The van der Waals surface area contributed by atoms with Crippen LogP contribution in [0.3, 0.4) is 0 Å². The quantitative estimate of drug-likeness (QED) is 0.818. The van der Waals surface area contributed by atoms with Gasteiger partial charge in [-0.15, -0.1) is 0 Å². The van der Waals surface area contributed by atoms with Crippen molar-refractivity contribution >= 4 is 17.6 Å². The van der Waals surface area contributed by atoms with Gasteiger partial charge in [0, 0.05) is 12.5 Å². The van der Waals surface area contributed by atoms with Crippen LogP contribution >= 0.6 is 0 Å². The number of piperidine rings is 1. The first-order valence-corrected chi connectivity index (χ1v) is 9.05. The average Bonchev–Trinajstić information content (AvgIpc) is 2.69.